The number of aliphatic hydroxyl groups excluding tert-OH is 1. The van der Waals surface area contributed by atoms with Gasteiger partial charge in [0.25, 0.3) is 11.8 Å². The number of hydrogen-bond donors (Lipinski definition) is 3. The van der Waals surface area contributed by atoms with Crippen LogP contribution in [0.25, 0.3) is 0 Å². The summed E-state index contributed by atoms with van der Waals surface area (Å²) >= 11 is 0. The van der Waals surface area contributed by atoms with Crippen molar-refractivity contribution in [1.82, 2.24) is 14.8 Å². The quantitative estimate of drug-likeness (QED) is 0.589. The molecule has 1 aromatic carbocycles. The van der Waals surface area contributed by atoms with E-state index in [1.54, 1.807) is 6.92 Å². The summed E-state index contributed by atoms with van der Waals surface area (Å²) in [5, 5.41) is 22.2. The van der Waals surface area contributed by atoms with Crippen LogP contribution in [0.15, 0.2) is 23.1 Å². The first kappa shape index (κ1) is 23.3. The summed E-state index contributed by atoms with van der Waals surface area (Å²) in [6.45, 7) is 1.79. The van der Waals surface area contributed by atoms with Gasteiger partial charge in [-0.15, -0.1) is 0 Å². The molecule has 0 fully saturated rings. The number of aromatic nitrogens is 1. The summed E-state index contributed by atoms with van der Waals surface area (Å²) in [5.41, 5.74) is -2.50. The van der Waals surface area contributed by atoms with Crippen LogP contribution in [0.2, 0.25) is 0 Å². The summed E-state index contributed by atoms with van der Waals surface area (Å²) in [4.78, 5) is 39.0. The summed E-state index contributed by atoms with van der Waals surface area (Å²) in [7, 11) is 0. The number of amides is 2. The lowest BCUT2D eigenvalue weighted by Crippen LogP contribution is -2.43. The van der Waals surface area contributed by atoms with Crippen LogP contribution >= 0.6 is 0 Å². The molecule has 2 heterocycles. The van der Waals surface area contributed by atoms with Gasteiger partial charge in [-0.1, -0.05) is 6.92 Å². The molecule has 1 aromatic heterocycles. The third-order valence-corrected chi connectivity index (χ3v) is 5.34. The van der Waals surface area contributed by atoms with E-state index in [4.69, 9.17) is 0 Å². The van der Waals surface area contributed by atoms with E-state index in [1.165, 1.54) is 9.47 Å². The predicted octanol–water partition coefficient (Wildman–Crippen LogP) is 1.52. The molecule has 0 bridgehead atoms. The minimum Gasteiger partial charge on any atom is -0.503 e. The van der Waals surface area contributed by atoms with Crippen molar-refractivity contribution in [3.63, 3.8) is 0 Å². The van der Waals surface area contributed by atoms with Crippen LogP contribution in [0.5, 0.6) is 5.75 Å². The minimum absolute atomic E-state index is 0.179. The van der Waals surface area contributed by atoms with Gasteiger partial charge in [0, 0.05) is 50.1 Å². The Morgan fingerprint density at radius 2 is 1.84 bits per heavy atom. The third-order valence-electron chi connectivity index (χ3n) is 5.34. The maximum atomic E-state index is 13.8. The molecule has 0 spiro atoms. The number of aromatic hydroxyl groups is 1. The van der Waals surface area contributed by atoms with Crippen molar-refractivity contribution in [1.29, 1.82) is 0 Å². The van der Waals surface area contributed by atoms with Gasteiger partial charge in [0.2, 0.25) is 5.43 Å². The monoisotopic (exact) mass is 453 g/mol. The number of rotatable bonds is 7. The summed E-state index contributed by atoms with van der Waals surface area (Å²) < 4.78 is 41.8. The predicted molar refractivity (Wildman–Crippen MR) is 107 cm³/mol. The smallest absolute Gasteiger partial charge is 0.274 e. The van der Waals surface area contributed by atoms with E-state index < -0.39 is 64.2 Å². The Kier molecular flexibility index (Phi) is 6.87. The number of hydrogen-bond acceptors (Lipinski definition) is 5. The number of benzene rings is 1. The second-order valence-electron chi connectivity index (χ2n) is 7.44. The Labute approximate surface area is 180 Å². The normalized spacial score (nSPS) is 14.3. The van der Waals surface area contributed by atoms with E-state index >= 15 is 0 Å². The fourth-order valence-corrected chi connectivity index (χ4v) is 3.42. The van der Waals surface area contributed by atoms with Crippen molar-refractivity contribution in [2.45, 2.75) is 39.0 Å². The molecular formula is C21H22F3N3O5. The Morgan fingerprint density at radius 1 is 1.19 bits per heavy atom. The molecule has 172 valence electrons. The van der Waals surface area contributed by atoms with Crippen molar-refractivity contribution in [2.75, 3.05) is 13.1 Å². The SMILES string of the molecule is CCC(O)CCN1CCn2cc(C(=O)NCc3c(F)cc(F)cc3F)c(=O)c(O)c2C1=O. The Bertz CT molecular complexity index is 1100. The van der Waals surface area contributed by atoms with Gasteiger partial charge < -0.3 is 25.0 Å². The summed E-state index contributed by atoms with van der Waals surface area (Å²) in [5.74, 6) is -6.07. The first-order chi connectivity index (χ1) is 15.1. The molecule has 11 heteroatoms. The maximum Gasteiger partial charge on any atom is 0.274 e. The molecule has 1 aliphatic rings. The zero-order valence-electron chi connectivity index (χ0n) is 17.2. The number of halogens is 3. The number of fused-ring (bicyclic) bond motifs is 1. The van der Waals surface area contributed by atoms with Gasteiger partial charge in [-0.05, 0) is 12.8 Å². The average molecular weight is 453 g/mol. The highest BCUT2D eigenvalue weighted by atomic mass is 19.1. The second kappa shape index (κ2) is 9.43. The fourth-order valence-electron chi connectivity index (χ4n) is 3.42. The van der Waals surface area contributed by atoms with E-state index in [0.717, 1.165) is 6.20 Å². The topological polar surface area (TPSA) is 112 Å². The van der Waals surface area contributed by atoms with Crippen LogP contribution in [0, 0.1) is 17.5 Å². The van der Waals surface area contributed by atoms with Crippen molar-refractivity contribution in [2.24, 2.45) is 0 Å². The molecule has 8 nitrogen and oxygen atoms in total. The first-order valence-corrected chi connectivity index (χ1v) is 9.99. The summed E-state index contributed by atoms with van der Waals surface area (Å²) in [6.07, 6.45) is 1.38. The Hall–Kier alpha value is -3.34. The number of nitrogens with zero attached hydrogens (tertiary/aromatic N) is 2. The van der Waals surface area contributed by atoms with Crippen molar-refractivity contribution >= 4 is 11.8 Å². The third kappa shape index (κ3) is 4.62. The van der Waals surface area contributed by atoms with E-state index in [-0.39, 0.29) is 25.3 Å². The number of carbonyl (C=O) groups is 2. The van der Waals surface area contributed by atoms with Gasteiger partial charge in [-0.25, -0.2) is 13.2 Å². The molecule has 1 aliphatic heterocycles. The lowest BCUT2D eigenvalue weighted by molar-refractivity contribution is 0.0652. The highest BCUT2D eigenvalue weighted by Gasteiger charge is 2.31. The van der Waals surface area contributed by atoms with Crippen LogP contribution < -0.4 is 10.7 Å². The molecule has 0 saturated heterocycles. The Balaban J connectivity index is 1.81. The minimum atomic E-state index is -1.20. The van der Waals surface area contributed by atoms with Gasteiger partial charge in [0.05, 0.1) is 6.10 Å². The molecule has 2 aromatic rings. The van der Waals surface area contributed by atoms with E-state index in [2.05, 4.69) is 5.32 Å². The van der Waals surface area contributed by atoms with Crippen LogP contribution in [0.1, 0.15) is 46.2 Å². The van der Waals surface area contributed by atoms with E-state index in [9.17, 15) is 37.8 Å². The number of nitrogens with one attached hydrogen (secondary N) is 1. The molecule has 32 heavy (non-hydrogen) atoms. The van der Waals surface area contributed by atoms with E-state index in [0.29, 0.717) is 25.0 Å². The van der Waals surface area contributed by atoms with Crippen molar-refractivity contribution in [3.8, 4) is 5.75 Å². The first-order valence-electron chi connectivity index (χ1n) is 9.99. The molecular weight excluding hydrogens is 431 g/mol. The molecule has 1 unspecified atom stereocenters. The number of carbonyl (C=O) groups excluding carboxylic acids is 2. The molecule has 3 rings (SSSR count). The molecule has 1 atom stereocenters. The van der Waals surface area contributed by atoms with Crippen LogP contribution in [0.3, 0.4) is 0 Å². The lowest BCUT2D eigenvalue weighted by atomic mass is 10.1. The highest BCUT2D eigenvalue weighted by molar-refractivity contribution is 5.99. The van der Waals surface area contributed by atoms with Crippen LogP contribution in [0.4, 0.5) is 13.2 Å². The van der Waals surface area contributed by atoms with Gasteiger partial charge in [0.1, 0.15) is 23.0 Å². The molecule has 2 amide bonds. The molecule has 3 N–H and O–H groups in total. The Morgan fingerprint density at radius 3 is 2.47 bits per heavy atom. The lowest BCUT2D eigenvalue weighted by Gasteiger charge is -2.31. The second-order valence-corrected chi connectivity index (χ2v) is 7.44. The summed E-state index contributed by atoms with van der Waals surface area (Å²) in [6, 6.07) is 0.919. The van der Waals surface area contributed by atoms with Crippen molar-refractivity contribution in [3.05, 3.63) is 62.8 Å². The molecule has 0 radical (unpaired) electrons. The van der Waals surface area contributed by atoms with Gasteiger partial charge in [0.15, 0.2) is 11.4 Å². The zero-order chi connectivity index (χ0) is 23.6. The van der Waals surface area contributed by atoms with Gasteiger partial charge in [-0.2, -0.15) is 0 Å². The van der Waals surface area contributed by atoms with Gasteiger partial charge >= 0.3 is 0 Å². The maximum absolute atomic E-state index is 13.8. The van der Waals surface area contributed by atoms with Crippen LogP contribution in [-0.2, 0) is 13.1 Å². The highest BCUT2D eigenvalue weighted by Crippen LogP contribution is 2.21. The standard InChI is InChI=1S/C21H22F3N3O5/c1-2-12(28)3-4-26-5-6-27-10-14(18(29)19(30)17(27)21(26)32)20(31)25-9-13-15(23)7-11(22)8-16(13)24/h7-8,10,12,28,30H,2-6,9H2,1H3,(H,25,31). The molecule has 0 aliphatic carbocycles. The average Bonchev–Trinajstić information content (AvgIpc) is 2.74. The largest absolute Gasteiger partial charge is 0.503 e. The number of pyridine rings is 1. The van der Waals surface area contributed by atoms with E-state index in [1.807, 2.05) is 0 Å². The number of aliphatic hydroxyl groups is 1. The fraction of sp³-hybridized carbons (Fsp3) is 0.381. The van der Waals surface area contributed by atoms with Crippen molar-refractivity contribution < 1.29 is 33.0 Å². The van der Waals surface area contributed by atoms with Gasteiger partial charge in [-0.3, -0.25) is 14.4 Å². The van der Waals surface area contributed by atoms with Crippen LogP contribution in [-0.4, -0.2) is 50.7 Å². The molecule has 0 saturated carbocycles. The zero-order valence-corrected chi connectivity index (χ0v) is 17.2.